The average Bonchev–Trinajstić information content (AvgIpc) is 2.84. The third kappa shape index (κ3) is 6.45. The van der Waals surface area contributed by atoms with Crippen molar-refractivity contribution in [2.45, 2.75) is 6.42 Å². The van der Waals surface area contributed by atoms with E-state index in [1.165, 1.54) is 11.5 Å². The number of hydrogen-bond donors (Lipinski definition) is 2. The Morgan fingerprint density at radius 1 is 1.67 bits per heavy atom. The van der Waals surface area contributed by atoms with Gasteiger partial charge in [-0.15, -0.1) is 0 Å². The number of nitrogens with one attached hydrogen (secondary N) is 2. The molecule has 2 N–H and O–H groups in total. The first-order chi connectivity index (χ1) is 8.72. The summed E-state index contributed by atoms with van der Waals surface area (Å²) < 4.78 is 4.23. The highest BCUT2D eigenvalue weighted by atomic mass is 32.2. The van der Waals surface area contributed by atoms with Crippen LogP contribution in [0.3, 0.4) is 0 Å². The normalized spacial score (nSPS) is 11.3. The zero-order valence-corrected chi connectivity index (χ0v) is 11.7. The molecule has 0 atom stereocenters. The molecule has 0 aromatic carbocycles. The Balaban J connectivity index is 2.06. The topological polar surface area (TPSA) is 80.1 Å². The van der Waals surface area contributed by atoms with Crippen molar-refractivity contribution in [3.63, 3.8) is 0 Å². The number of aromatic nitrogens is 1. The molecule has 8 heteroatoms. The molecule has 0 amide bonds. The molecule has 6 nitrogen and oxygen atoms in total. The lowest BCUT2D eigenvalue weighted by Gasteiger charge is -2.07. The number of thioether (sulfide) groups is 1. The first-order valence-corrected chi connectivity index (χ1v) is 7.45. The van der Waals surface area contributed by atoms with Crippen molar-refractivity contribution in [3.05, 3.63) is 39.3 Å². The van der Waals surface area contributed by atoms with Gasteiger partial charge in [0.1, 0.15) is 0 Å². The molecular formula is C10H16N4O2S2. The van der Waals surface area contributed by atoms with Crippen LogP contribution in [0.1, 0.15) is 5.69 Å². The van der Waals surface area contributed by atoms with Gasteiger partial charge in [0.05, 0.1) is 10.6 Å². The lowest BCUT2D eigenvalue weighted by molar-refractivity contribution is -0.404. The Kier molecular flexibility index (Phi) is 7.19. The third-order valence-corrected chi connectivity index (χ3v) is 3.64. The molecule has 0 spiro atoms. The molecule has 0 unspecified atom stereocenters. The summed E-state index contributed by atoms with van der Waals surface area (Å²) in [7, 11) is 1.65. The van der Waals surface area contributed by atoms with Crippen LogP contribution in [-0.4, -0.2) is 34.4 Å². The van der Waals surface area contributed by atoms with Gasteiger partial charge in [-0.25, -0.2) is 0 Å². The second-order valence-corrected chi connectivity index (χ2v) is 5.25. The second kappa shape index (κ2) is 8.76. The van der Waals surface area contributed by atoms with Crippen molar-refractivity contribution in [2.75, 3.05) is 25.1 Å². The minimum absolute atomic E-state index is 0.431. The number of rotatable bonds is 9. The molecule has 0 saturated heterocycles. The number of hydrogen-bond acceptors (Lipinski definition) is 7. The summed E-state index contributed by atoms with van der Waals surface area (Å²) in [4.78, 5) is 9.80. The summed E-state index contributed by atoms with van der Waals surface area (Å²) in [6, 6.07) is 2.03. The fourth-order valence-corrected chi connectivity index (χ4v) is 2.58. The fraction of sp³-hybridized carbons (Fsp3) is 0.500. The van der Waals surface area contributed by atoms with E-state index in [0.29, 0.717) is 12.4 Å². The van der Waals surface area contributed by atoms with Gasteiger partial charge in [0.15, 0.2) is 5.82 Å². The molecule has 0 fully saturated rings. The highest BCUT2D eigenvalue weighted by Gasteiger charge is 1.99. The SMILES string of the molecule is CNC(=C[N+](=O)[O-])NCCSCCc1ccsn1. The first kappa shape index (κ1) is 14.8. The van der Waals surface area contributed by atoms with Crippen LogP contribution in [0.15, 0.2) is 23.5 Å². The summed E-state index contributed by atoms with van der Waals surface area (Å²) in [5.41, 5.74) is 1.13. The molecule has 1 heterocycles. The van der Waals surface area contributed by atoms with Crippen molar-refractivity contribution in [1.82, 2.24) is 15.0 Å². The minimum atomic E-state index is -0.478. The van der Waals surface area contributed by atoms with E-state index in [1.54, 1.807) is 18.8 Å². The van der Waals surface area contributed by atoms with E-state index in [9.17, 15) is 10.1 Å². The third-order valence-electron chi connectivity index (χ3n) is 2.06. The summed E-state index contributed by atoms with van der Waals surface area (Å²) in [5, 5.41) is 18.0. The molecule has 0 radical (unpaired) electrons. The van der Waals surface area contributed by atoms with Crippen LogP contribution in [0.25, 0.3) is 0 Å². The van der Waals surface area contributed by atoms with Gasteiger partial charge in [0, 0.05) is 24.7 Å². The Labute approximate surface area is 114 Å². The Hall–Kier alpha value is -1.28. The van der Waals surface area contributed by atoms with Crippen LogP contribution in [0, 0.1) is 10.1 Å². The van der Waals surface area contributed by atoms with Gasteiger partial charge in [-0.2, -0.15) is 16.1 Å². The Bertz CT molecular complexity index is 381. The Morgan fingerprint density at radius 3 is 3.11 bits per heavy atom. The molecule has 1 aromatic rings. The molecule has 0 bridgehead atoms. The van der Waals surface area contributed by atoms with Crippen LogP contribution in [0.5, 0.6) is 0 Å². The lowest BCUT2D eigenvalue weighted by Crippen LogP contribution is -2.26. The zero-order chi connectivity index (χ0) is 13.2. The second-order valence-electron chi connectivity index (χ2n) is 3.36. The van der Waals surface area contributed by atoms with E-state index in [2.05, 4.69) is 15.0 Å². The van der Waals surface area contributed by atoms with Crippen LogP contribution < -0.4 is 10.6 Å². The fourth-order valence-electron chi connectivity index (χ4n) is 1.21. The molecule has 0 aliphatic rings. The summed E-state index contributed by atoms with van der Waals surface area (Å²) in [6.07, 6.45) is 1.90. The monoisotopic (exact) mass is 288 g/mol. The van der Waals surface area contributed by atoms with E-state index < -0.39 is 4.92 Å². The van der Waals surface area contributed by atoms with Crippen molar-refractivity contribution in [3.8, 4) is 0 Å². The van der Waals surface area contributed by atoms with E-state index in [4.69, 9.17) is 0 Å². The van der Waals surface area contributed by atoms with E-state index in [-0.39, 0.29) is 0 Å². The van der Waals surface area contributed by atoms with Gasteiger partial charge >= 0.3 is 0 Å². The average molecular weight is 288 g/mol. The van der Waals surface area contributed by atoms with Crippen molar-refractivity contribution >= 4 is 23.3 Å². The summed E-state index contributed by atoms with van der Waals surface area (Å²) in [5.74, 6) is 2.35. The number of nitro groups is 1. The quantitative estimate of drug-likeness (QED) is 0.405. The molecule has 100 valence electrons. The van der Waals surface area contributed by atoms with Crippen LogP contribution in [0.2, 0.25) is 0 Å². The van der Waals surface area contributed by atoms with Crippen molar-refractivity contribution < 1.29 is 4.92 Å². The highest BCUT2D eigenvalue weighted by Crippen LogP contribution is 2.06. The van der Waals surface area contributed by atoms with E-state index in [0.717, 1.165) is 29.8 Å². The Morgan fingerprint density at radius 2 is 2.50 bits per heavy atom. The maximum atomic E-state index is 10.3. The highest BCUT2D eigenvalue weighted by molar-refractivity contribution is 7.99. The predicted octanol–water partition coefficient (Wildman–Crippen LogP) is 1.30. The van der Waals surface area contributed by atoms with Gasteiger partial charge in [-0.05, 0) is 29.8 Å². The molecule has 0 aliphatic heterocycles. The van der Waals surface area contributed by atoms with Crippen LogP contribution in [0.4, 0.5) is 0 Å². The standard InChI is InChI=1S/C10H16N4O2S2/c1-11-10(8-14(15)16)12-4-7-17-5-2-9-3-6-18-13-9/h3,6,8,11-12H,2,4-5,7H2,1H3. The van der Waals surface area contributed by atoms with Crippen LogP contribution in [-0.2, 0) is 6.42 Å². The van der Waals surface area contributed by atoms with E-state index >= 15 is 0 Å². The minimum Gasteiger partial charge on any atom is -0.370 e. The molecule has 0 saturated carbocycles. The largest absolute Gasteiger partial charge is 0.370 e. The lowest BCUT2D eigenvalue weighted by atomic mass is 10.3. The summed E-state index contributed by atoms with van der Waals surface area (Å²) in [6.45, 7) is 0.697. The van der Waals surface area contributed by atoms with Gasteiger partial charge in [0.25, 0.3) is 6.20 Å². The molecule has 0 aliphatic carbocycles. The summed E-state index contributed by atoms with van der Waals surface area (Å²) >= 11 is 3.27. The number of nitrogens with zero attached hydrogens (tertiary/aromatic N) is 2. The molecule has 18 heavy (non-hydrogen) atoms. The van der Waals surface area contributed by atoms with Gasteiger partial charge in [-0.3, -0.25) is 10.1 Å². The zero-order valence-electron chi connectivity index (χ0n) is 10.1. The smallest absolute Gasteiger partial charge is 0.274 e. The molecular weight excluding hydrogens is 272 g/mol. The van der Waals surface area contributed by atoms with Crippen LogP contribution >= 0.6 is 23.3 Å². The maximum Gasteiger partial charge on any atom is 0.274 e. The maximum absolute atomic E-state index is 10.3. The van der Waals surface area contributed by atoms with E-state index in [1.807, 2.05) is 11.4 Å². The predicted molar refractivity (Wildman–Crippen MR) is 75.3 cm³/mol. The first-order valence-electron chi connectivity index (χ1n) is 5.46. The van der Waals surface area contributed by atoms with Gasteiger partial charge < -0.3 is 10.6 Å². The van der Waals surface area contributed by atoms with Crippen molar-refractivity contribution in [1.29, 1.82) is 0 Å². The van der Waals surface area contributed by atoms with Crippen molar-refractivity contribution in [2.24, 2.45) is 0 Å². The molecule has 1 aromatic heterocycles. The molecule has 1 rings (SSSR count). The number of aryl methyl sites for hydroxylation is 1. The van der Waals surface area contributed by atoms with Gasteiger partial charge in [0.2, 0.25) is 0 Å². The van der Waals surface area contributed by atoms with Gasteiger partial charge in [-0.1, -0.05) is 0 Å².